The number of aromatic hydroxyl groups is 1. The molecule has 140 valence electrons. The Kier molecular flexibility index (Phi) is 4.71. The summed E-state index contributed by atoms with van der Waals surface area (Å²) in [5.41, 5.74) is 1.61. The fourth-order valence-electron chi connectivity index (χ4n) is 3.73. The highest BCUT2D eigenvalue weighted by molar-refractivity contribution is 5.98. The molecule has 2 aromatic rings. The number of hydrogen-bond acceptors (Lipinski definition) is 4. The molecule has 2 aliphatic rings. The third kappa shape index (κ3) is 3.60. The normalized spacial score (nSPS) is 19.3. The lowest BCUT2D eigenvalue weighted by atomic mass is 9.89. The molecule has 0 saturated carbocycles. The molecule has 0 radical (unpaired) electrons. The van der Waals surface area contributed by atoms with Crippen molar-refractivity contribution in [2.45, 2.75) is 18.9 Å². The molecule has 1 saturated heterocycles. The van der Waals surface area contributed by atoms with E-state index in [1.165, 1.54) is 12.1 Å². The quantitative estimate of drug-likeness (QED) is 0.818. The Hall–Kier alpha value is -3.02. The van der Waals surface area contributed by atoms with Crippen LogP contribution in [0.4, 0.5) is 4.79 Å². The van der Waals surface area contributed by atoms with E-state index >= 15 is 0 Å². The summed E-state index contributed by atoms with van der Waals surface area (Å²) in [5, 5.41) is 12.4. The molecule has 2 N–H and O–H groups in total. The van der Waals surface area contributed by atoms with Crippen LogP contribution in [0.25, 0.3) is 0 Å². The van der Waals surface area contributed by atoms with Gasteiger partial charge in [0.25, 0.3) is 0 Å². The lowest BCUT2D eigenvalue weighted by Gasteiger charge is -2.32. The van der Waals surface area contributed by atoms with E-state index in [-0.39, 0.29) is 29.5 Å². The first kappa shape index (κ1) is 17.4. The number of ketones is 1. The third-order valence-corrected chi connectivity index (χ3v) is 5.30. The second-order valence-electron chi connectivity index (χ2n) is 7.02. The smallest absolute Gasteiger partial charge is 0.318 e. The van der Waals surface area contributed by atoms with Gasteiger partial charge in [-0.15, -0.1) is 0 Å². The molecule has 0 aliphatic carbocycles. The number of Topliss-reactive ketones (excluding diaryl/α,β-unsaturated/α-hetero) is 1. The van der Waals surface area contributed by atoms with Crippen LogP contribution in [0.2, 0.25) is 0 Å². The molecule has 0 spiro atoms. The van der Waals surface area contributed by atoms with E-state index in [2.05, 4.69) is 5.32 Å². The summed E-state index contributed by atoms with van der Waals surface area (Å²) in [5.74, 6) is 0.957. The first-order chi connectivity index (χ1) is 13.1. The van der Waals surface area contributed by atoms with Gasteiger partial charge in [-0.1, -0.05) is 18.2 Å². The Morgan fingerprint density at radius 2 is 1.74 bits per heavy atom. The van der Waals surface area contributed by atoms with Gasteiger partial charge in [0.15, 0.2) is 5.78 Å². The van der Waals surface area contributed by atoms with Crippen LogP contribution in [0.5, 0.6) is 11.5 Å². The number of rotatable bonds is 3. The van der Waals surface area contributed by atoms with Gasteiger partial charge in [-0.3, -0.25) is 4.79 Å². The number of likely N-dealkylation sites (tertiary alicyclic amines) is 1. The van der Waals surface area contributed by atoms with Gasteiger partial charge >= 0.3 is 6.03 Å². The second-order valence-corrected chi connectivity index (χ2v) is 7.02. The number of ether oxygens (including phenoxy) is 1. The maximum Gasteiger partial charge on any atom is 0.318 e. The minimum absolute atomic E-state index is 0.0770. The van der Waals surface area contributed by atoms with E-state index in [1.807, 2.05) is 24.3 Å². The number of nitrogens with one attached hydrogen (secondary N) is 1. The van der Waals surface area contributed by atoms with Crippen molar-refractivity contribution < 1.29 is 19.4 Å². The van der Waals surface area contributed by atoms with Gasteiger partial charge in [0.2, 0.25) is 0 Å². The number of benzene rings is 2. The predicted octanol–water partition coefficient (Wildman–Crippen LogP) is 3.13. The molecular formula is C21H22N2O4. The number of hydrogen-bond donors (Lipinski definition) is 2. The van der Waals surface area contributed by atoms with Crippen molar-refractivity contribution in [3.05, 3.63) is 59.7 Å². The highest BCUT2D eigenvalue weighted by Gasteiger charge is 2.31. The third-order valence-electron chi connectivity index (χ3n) is 5.30. The maximum atomic E-state index is 12.6. The number of phenolic OH excluding ortho intramolecular Hbond substituents is 1. The van der Waals surface area contributed by atoms with Gasteiger partial charge in [-0.2, -0.15) is 0 Å². The van der Waals surface area contributed by atoms with Gasteiger partial charge < -0.3 is 20.1 Å². The van der Waals surface area contributed by atoms with Gasteiger partial charge in [0, 0.05) is 30.1 Å². The molecular weight excluding hydrogens is 344 g/mol. The number of phenols is 1. The first-order valence-corrected chi connectivity index (χ1v) is 9.22. The maximum absolute atomic E-state index is 12.6. The van der Waals surface area contributed by atoms with E-state index in [9.17, 15) is 14.7 Å². The Balaban J connectivity index is 1.32. The topological polar surface area (TPSA) is 78.9 Å². The lowest BCUT2D eigenvalue weighted by Crippen LogP contribution is -2.46. The Morgan fingerprint density at radius 1 is 1.04 bits per heavy atom. The van der Waals surface area contributed by atoms with E-state index in [0.717, 1.165) is 11.3 Å². The molecule has 6 nitrogen and oxygen atoms in total. The molecule has 1 fully saturated rings. The zero-order chi connectivity index (χ0) is 18.8. The summed E-state index contributed by atoms with van der Waals surface area (Å²) in [6.07, 6.45) is 1.29. The van der Waals surface area contributed by atoms with Crippen LogP contribution in [0.15, 0.2) is 48.5 Å². The van der Waals surface area contributed by atoms with Crippen LogP contribution in [-0.2, 0) is 0 Å². The molecule has 4 rings (SSSR count). The number of nitrogens with zero attached hydrogens (tertiary/aromatic N) is 1. The van der Waals surface area contributed by atoms with Crippen molar-refractivity contribution in [3.63, 3.8) is 0 Å². The Morgan fingerprint density at radius 3 is 2.48 bits per heavy atom. The predicted molar refractivity (Wildman–Crippen MR) is 99.9 cm³/mol. The van der Waals surface area contributed by atoms with Crippen LogP contribution in [0, 0.1) is 5.92 Å². The van der Waals surface area contributed by atoms with Gasteiger partial charge in [-0.25, -0.2) is 4.79 Å². The summed E-state index contributed by atoms with van der Waals surface area (Å²) in [6.45, 7) is 1.55. The first-order valence-electron chi connectivity index (χ1n) is 9.22. The fraction of sp³-hybridized carbons (Fsp3) is 0.333. The zero-order valence-corrected chi connectivity index (χ0v) is 14.9. The van der Waals surface area contributed by atoms with Crippen LogP contribution < -0.4 is 10.1 Å². The van der Waals surface area contributed by atoms with E-state index in [0.29, 0.717) is 38.1 Å². The number of urea groups is 1. The molecule has 2 heterocycles. The van der Waals surface area contributed by atoms with Crippen LogP contribution in [-0.4, -0.2) is 41.5 Å². The number of amides is 2. The number of carbonyl (C=O) groups is 2. The van der Waals surface area contributed by atoms with Crippen LogP contribution in [0.1, 0.15) is 34.8 Å². The van der Waals surface area contributed by atoms with Gasteiger partial charge in [-0.05, 0) is 43.2 Å². The lowest BCUT2D eigenvalue weighted by molar-refractivity contribution is 0.0853. The van der Waals surface area contributed by atoms with Crippen molar-refractivity contribution in [1.29, 1.82) is 0 Å². The van der Waals surface area contributed by atoms with Crippen molar-refractivity contribution >= 4 is 11.8 Å². The molecule has 1 atom stereocenters. The molecule has 0 aromatic heterocycles. The summed E-state index contributed by atoms with van der Waals surface area (Å²) in [7, 11) is 0. The minimum Gasteiger partial charge on any atom is -0.508 e. The zero-order valence-electron chi connectivity index (χ0n) is 14.9. The van der Waals surface area contributed by atoms with Gasteiger partial charge in [0.1, 0.15) is 18.1 Å². The molecule has 2 aromatic carbocycles. The molecule has 2 amide bonds. The average molecular weight is 366 g/mol. The van der Waals surface area contributed by atoms with Crippen molar-refractivity contribution in [2.24, 2.45) is 5.92 Å². The van der Waals surface area contributed by atoms with Crippen molar-refractivity contribution in [3.8, 4) is 11.5 Å². The highest BCUT2D eigenvalue weighted by Crippen LogP contribution is 2.32. The van der Waals surface area contributed by atoms with E-state index < -0.39 is 0 Å². The van der Waals surface area contributed by atoms with Crippen molar-refractivity contribution in [1.82, 2.24) is 10.2 Å². The summed E-state index contributed by atoms with van der Waals surface area (Å²) < 4.78 is 5.61. The van der Waals surface area contributed by atoms with Crippen LogP contribution in [0.3, 0.4) is 0 Å². The Bertz CT molecular complexity index is 842. The largest absolute Gasteiger partial charge is 0.508 e. The monoisotopic (exact) mass is 366 g/mol. The average Bonchev–Trinajstić information content (AvgIpc) is 3.11. The van der Waals surface area contributed by atoms with Crippen molar-refractivity contribution in [2.75, 3.05) is 19.7 Å². The molecule has 1 unspecified atom stereocenters. The summed E-state index contributed by atoms with van der Waals surface area (Å²) in [6, 6.07) is 13.8. The highest BCUT2D eigenvalue weighted by atomic mass is 16.5. The number of carbonyl (C=O) groups excluding carboxylic acids is 2. The SMILES string of the molecule is O=C(c1ccc(O)cc1)C1CCN(C(=O)NC2COc3ccccc32)CC1. The summed E-state index contributed by atoms with van der Waals surface area (Å²) >= 11 is 0. The fourth-order valence-corrected chi connectivity index (χ4v) is 3.73. The van der Waals surface area contributed by atoms with E-state index in [1.54, 1.807) is 17.0 Å². The second kappa shape index (κ2) is 7.31. The molecule has 27 heavy (non-hydrogen) atoms. The number of para-hydroxylation sites is 1. The standard InChI is InChI=1S/C21H22N2O4/c24-16-7-5-14(6-8-16)20(25)15-9-11-23(12-10-15)21(26)22-18-13-27-19-4-2-1-3-17(18)19/h1-8,15,18,24H,9-13H2,(H,22,26). The molecule has 2 aliphatic heterocycles. The van der Waals surface area contributed by atoms with Crippen LogP contribution >= 0.6 is 0 Å². The molecule has 6 heteroatoms. The Labute approximate surface area is 157 Å². The van der Waals surface area contributed by atoms with E-state index in [4.69, 9.17) is 4.74 Å². The number of fused-ring (bicyclic) bond motifs is 1. The minimum atomic E-state index is -0.134. The summed E-state index contributed by atoms with van der Waals surface area (Å²) in [4.78, 5) is 26.9. The molecule has 0 bridgehead atoms. The number of piperidine rings is 1. The van der Waals surface area contributed by atoms with Gasteiger partial charge in [0.05, 0.1) is 6.04 Å².